The van der Waals surface area contributed by atoms with Crippen LogP contribution in [-0.2, 0) is 36.1 Å². The molecule has 13 heteroatoms. The van der Waals surface area contributed by atoms with E-state index in [-0.39, 0.29) is 34.8 Å². The van der Waals surface area contributed by atoms with Crippen LogP contribution in [0.4, 0.5) is 10.5 Å². The fraction of sp³-hybridized carbons (Fsp3) is 0.568. The molecule has 3 heterocycles. The molecule has 1 saturated heterocycles. The molecule has 2 aromatic carbocycles. The van der Waals surface area contributed by atoms with Crippen LogP contribution in [0.3, 0.4) is 0 Å². The number of halogens is 1. The number of rotatable bonds is 2. The van der Waals surface area contributed by atoms with Gasteiger partial charge in [-0.15, -0.1) is 0 Å². The number of fused-ring (bicyclic) bond motifs is 4. The number of amides is 2. The van der Waals surface area contributed by atoms with Crippen LogP contribution in [0.15, 0.2) is 53.4 Å². The normalized spacial score (nSPS) is 31.2. The number of anilines is 1. The second-order valence-corrected chi connectivity index (χ2v) is 17.3. The Hall–Kier alpha value is -3.32. The van der Waals surface area contributed by atoms with E-state index >= 15 is 0 Å². The third-order valence-corrected chi connectivity index (χ3v) is 12.8. The lowest BCUT2D eigenvalue weighted by molar-refractivity contribution is -0.139. The first-order valence-corrected chi connectivity index (χ1v) is 19.5. The second-order valence-electron chi connectivity index (χ2n) is 15.2. The molecule has 2 aromatic rings. The Bertz CT molecular complexity index is 1780. The second kappa shape index (κ2) is 13.7. The number of nitrogens with zero attached hydrogens (tertiary/aromatic N) is 2. The molecule has 11 nitrogen and oxygen atoms in total. The van der Waals surface area contributed by atoms with Gasteiger partial charge in [-0.1, -0.05) is 23.7 Å². The fourth-order valence-electron chi connectivity index (χ4n) is 8.26. The van der Waals surface area contributed by atoms with Crippen molar-refractivity contribution in [2.45, 2.75) is 80.4 Å². The van der Waals surface area contributed by atoms with E-state index in [1.165, 1.54) is 31.0 Å². The topological polar surface area (TPSA) is 127 Å². The molecule has 2 bridgehead atoms. The molecule has 2 fully saturated rings. The lowest BCUT2D eigenvalue weighted by Gasteiger charge is -2.46. The first-order chi connectivity index (χ1) is 23.8. The van der Waals surface area contributed by atoms with Gasteiger partial charge in [-0.2, -0.15) is 0 Å². The van der Waals surface area contributed by atoms with Crippen LogP contribution in [0.25, 0.3) is 0 Å². The first-order valence-electron chi connectivity index (χ1n) is 17.7. The number of likely N-dealkylation sites (tertiary alicyclic amines) is 1. The minimum absolute atomic E-state index is 0.0281. The predicted molar refractivity (Wildman–Crippen MR) is 190 cm³/mol. The third kappa shape index (κ3) is 7.09. The van der Waals surface area contributed by atoms with Crippen molar-refractivity contribution in [1.29, 1.82) is 0 Å². The van der Waals surface area contributed by atoms with Gasteiger partial charge in [-0.25, -0.2) is 17.9 Å². The summed E-state index contributed by atoms with van der Waals surface area (Å²) in [4.78, 5) is 30.9. The summed E-state index contributed by atoms with van der Waals surface area (Å²) in [6.07, 6.45) is 8.13. The average molecular weight is 727 g/mol. The van der Waals surface area contributed by atoms with Crippen molar-refractivity contribution in [3.63, 3.8) is 0 Å². The molecular formula is C37H47ClN4O7S. The van der Waals surface area contributed by atoms with Gasteiger partial charge in [0.25, 0.3) is 15.9 Å². The lowest BCUT2D eigenvalue weighted by Crippen LogP contribution is -2.50. The van der Waals surface area contributed by atoms with Crippen molar-refractivity contribution in [2.24, 2.45) is 11.8 Å². The molecule has 50 heavy (non-hydrogen) atoms. The maximum atomic E-state index is 13.6. The van der Waals surface area contributed by atoms with Crippen LogP contribution < -0.4 is 19.7 Å². The van der Waals surface area contributed by atoms with Crippen molar-refractivity contribution in [2.75, 3.05) is 51.3 Å². The number of alkyl carbamates (subject to hydrolysis) is 1. The van der Waals surface area contributed by atoms with Gasteiger partial charge in [-0.3, -0.25) is 4.79 Å². The molecular weight excluding hydrogens is 680 g/mol. The lowest BCUT2D eigenvalue weighted by atomic mass is 9.68. The number of sulfonamides is 1. The van der Waals surface area contributed by atoms with Gasteiger partial charge in [0.05, 0.1) is 23.8 Å². The highest BCUT2D eigenvalue weighted by Crippen LogP contribution is 2.47. The van der Waals surface area contributed by atoms with Crippen molar-refractivity contribution in [1.82, 2.24) is 14.9 Å². The first kappa shape index (κ1) is 35.1. The van der Waals surface area contributed by atoms with Crippen LogP contribution in [0.5, 0.6) is 5.75 Å². The molecule has 2 amide bonds. The number of carbonyl (C=O) groups excluding carboxylic acids is 2. The van der Waals surface area contributed by atoms with E-state index < -0.39 is 33.7 Å². The molecule has 2 N–H and O–H groups in total. The monoisotopic (exact) mass is 726 g/mol. The molecule has 0 radical (unpaired) electrons. The fourth-order valence-corrected chi connectivity index (χ4v) is 9.58. The zero-order chi connectivity index (χ0) is 35.3. The zero-order valence-corrected chi connectivity index (χ0v) is 30.5. The Kier molecular flexibility index (Phi) is 9.59. The molecule has 1 spiro atoms. The quantitative estimate of drug-likeness (QED) is 0.420. The number of carbonyl (C=O) groups is 2. The Labute approximate surface area is 299 Å². The highest BCUT2D eigenvalue weighted by Gasteiger charge is 2.45. The number of hydrogen-bond donors (Lipinski definition) is 2. The Morgan fingerprint density at radius 3 is 2.72 bits per heavy atom. The maximum Gasteiger partial charge on any atom is 0.407 e. The smallest absolute Gasteiger partial charge is 0.407 e. The summed E-state index contributed by atoms with van der Waals surface area (Å²) in [5.74, 6) is -0.0234. The standard InChI is InChI=1S/C37H47ClN4O7S/c1-36(2)34(43)40-50(45,46)28-10-13-33-31(19-28)42(22-37(23-47-33)15-4-6-24-18-26(38)9-12-30(24)37)20-25-8-11-29(25)32(7-5-17-48-36)49-35(44)39-27-14-16-41(3)21-27/h5,7,9-10,12-13,18-19,25,27,29,32H,4,6,8,11,14-17,20-23H2,1-3H3,(H,39,44)(H,40,43)/b7-5-/t25-,27-,29+,32-,37-/m0/s1. The van der Waals surface area contributed by atoms with Crippen LogP contribution in [0.2, 0.25) is 5.02 Å². The Morgan fingerprint density at radius 1 is 1.12 bits per heavy atom. The van der Waals surface area contributed by atoms with Crippen molar-refractivity contribution >= 4 is 39.3 Å². The minimum Gasteiger partial charge on any atom is -0.490 e. The SMILES string of the molecule is CN1CC[C@H](NC(=O)O[C@H]2/C=C\COC(C)(C)C(=O)NS(=O)(=O)c3ccc4c(c3)N(C[C@@H]3CC[C@H]32)C[C@@]2(CCCc3cc(Cl)ccc32)CO4)C1. The van der Waals surface area contributed by atoms with Gasteiger partial charge in [0.1, 0.15) is 17.5 Å². The van der Waals surface area contributed by atoms with E-state index in [9.17, 15) is 18.0 Å². The summed E-state index contributed by atoms with van der Waals surface area (Å²) in [5.41, 5.74) is 1.26. The molecule has 2 aliphatic carbocycles. The number of hydrogen-bond acceptors (Lipinski definition) is 9. The Morgan fingerprint density at radius 2 is 1.96 bits per heavy atom. The van der Waals surface area contributed by atoms with Gasteiger partial charge in [0.2, 0.25) is 0 Å². The van der Waals surface area contributed by atoms with Gasteiger partial charge < -0.3 is 29.3 Å². The van der Waals surface area contributed by atoms with E-state index in [1.807, 2.05) is 25.3 Å². The van der Waals surface area contributed by atoms with Crippen molar-refractivity contribution < 1.29 is 32.2 Å². The summed E-state index contributed by atoms with van der Waals surface area (Å²) in [6, 6.07) is 10.9. The maximum absolute atomic E-state index is 13.6. The largest absolute Gasteiger partial charge is 0.490 e. The van der Waals surface area contributed by atoms with Crippen molar-refractivity contribution in [3.05, 3.63) is 64.7 Å². The number of aryl methyl sites for hydroxylation is 1. The molecule has 270 valence electrons. The van der Waals surface area contributed by atoms with E-state index in [4.69, 9.17) is 25.8 Å². The molecule has 0 unspecified atom stereocenters. The van der Waals surface area contributed by atoms with Gasteiger partial charge >= 0.3 is 6.09 Å². The van der Waals surface area contributed by atoms with Crippen molar-refractivity contribution in [3.8, 4) is 5.75 Å². The minimum atomic E-state index is -4.24. The average Bonchev–Trinajstić information content (AvgIpc) is 3.39. The number of likely N-dealkylation sites (N-methyl/N-ethyl adjacent to an activating group) is 1. The highest BCUT2D eigenvalue weighted by molar-refractivity contribution is 7.90. The van der Waals surface area contributed by atoms with E-state index in [1.54, 1.807) is 18.2 Å². The van der Waals surface area contributed by atoms with Crippen LogP contribution in [0.1, 0.15) is 57.1 Å². The van der Waals surface area contributed by atoms with E-state index in [0.717, 1.165) is 51.6 Å². The number of benzene rings is 2. The predicted octanol–water partition coefficient (Wildman–Crippen LogP) is 4.81. The van der Waals surface area contributed by atoms with Gasteiger partial charge in [0.15, 0.2) is 0 Å². The highest BCUT2D eigenvalue weighted by atomic mass is 35.5. The van der Waals surface area contributed by atoms with Gasteiger partial charge in [-0.05, 0) is 119 Å². The summed E-state index contributed by atoms with van der Waals surface area (Å²) in [6.45, 7) is 6.41. The molecule has 5 atom stereocenters. The number of ether oxygens (including phenoxy) is 3. The third-order valence-electron chi connectivity index (χ3n) is 11.3. The zero-order valence-electron chi connectivity index (χ0n) is 29.0. The molecule has 7 rings (SSSR count). The molecule has 1 saturated carbocycles. The molecule has 5 aliphatic rings. The molecule has 0 aromatic heterocycles. The van der Waals surface area contributed by atoms with Crippen LogP contribution >= 0.6 is 11.6 Å². The Balaban J connectivity index is 1.25. The van der Waals surface area contributed by atoms with E-state index in [2.05, 4.69) is 25.9 Å². The summed E-state index contributed by atoms with van der Waals surface area (Å²) in [5, 5.41) is 3.75. The van der Waals surface area contributed by atoms with Crippen LogP contribution in [-0.4, -0.2) is 89.5 Å². The molecule has 3 aliphatic heterocycles. The summed E-state index contributed by atoms with van der Waals surface area (Å²) < 4.78 is 48.1. The summed E-state index contributed by atoms with van der Waals surface area (Å²) in [7, 11) is -2.20. The van der Waals surface area contributed by atoms with E-state index in [0.29, 0.717) is 36.2 Å². The van der Waals surface area contributed by atoms with Crippen LogP contribution in [0, 0.1) is 11.8 Å². The summed E-state index contributed by atoms with van der Waals surface area (Å²) >= 11 is 6.44. The van der Waals surface area contributed by atoms with Gasteiger partial charge in [0, 0.05) is 42.0 Å². The number of nitrogens with one attached hydrogen (secondary N) is 2.